The number of aryl methyl sites for hydroxylation is 1. The van der Waals surface area contributed by atoms with Crippen molar-refractivity contribution in [1.29, 1.82) is 0 Å². The molecule has 1 aliphatic rings. The fourth-order valence-electron chi connectivity index (χ4n) is 4.52. The molecule has 4 rings (SSSR count). The normalized spacial score (nSPS) is 18.8. The van der Waals surface area contributed by atoms with Crippen LogP contribution in [0.4, 0.5) is 5.69 Å². The summed E-state index contributed by atoms with van der Waals surface area (Å²) < 4.78 is 7.31. The molecule has 1 fully saturated rings. The summed E-state index contributed by atoms with van der Waals surface area (Å²) in [6.45, 7) is 6.87. The SMILES string of the molecule is CCN(C(=O)Cn1c(C(=O)NC2CCC(C)CC2)cc2occc21)c1cccc(C)c1. The molecule has 0 aliphatic heterocycles. The first-order valence-electron chi connectivity index (χ1n) is 11.2. The Kier molecular flexibility index (Phi) is 6.16. The van der Waals surface area contributed by atoms with Crippen molar-refractivity contribution in [2.75, 3.05) is 11.4 Å². The van der Waals surface area contributed by atoms with Crippen LogP contribution in [0.3, 0.4) is 0 Å². The fourth-order valence-corrected chi connectivity index (χ4v) is 4.52. The first kappa shape index (κ1) is 21.2. The highest BCUT2D eigenvalue weighted by Crippen LogP contribution is 2.26. The van der Waals surface area contributed by atoms with E-state index < -0.39 is 0 Å². The van der Waals surface area contributed by atoms with Gasteiger partial charge in [0.25, 0.3) is 5.91 Å². The van der Waals surface area contributed by atoms with E-state index in [4.69, 9.17) is 4.42 Å². The van der Waals surface area contributed by atoms with E-state index in [1.165, 1.54) is 0 Å². The molecule has 3 aromatic rings. The van der Waals surface area contributed by atoms with Crippen LogP contribution in [0.5, 0.6) is 0 Å². The highest BCUT2D eigenvalue weighted by atomic mass is 16.3. The lowest BCUT2D eigenvalue weighted by atomic mass is 9.87. The maximum atomic E-state index is 13.3. The summed E-state index contributed by atoms with van der Waals surface area (Å²) in [6, 6.07) is 11.6. The number of rotatable bonds is 6. The van der Waals surface area contributed by atoms with Crippen molar-refractivity contribution in [1.82, 2.24) is 9.88 Å². The largest absolute Gasteiger partial charge is 0.463 e. The minimum atomic E-state index is -0.141. The number of nitrogens with one attached hydrogen (secondary N) is 1. The monoisotopic (exact) mass is 421 g/mol. The van der Waals surface area contributed by atoms with Gasteiger partial charge in [-0.1, -0.05) is 19.1 Å². The predicted molar refractivity (Wildman–Crippen MR) is 122 cm³/mol. The number of fused-ring (bicyclic) bond motifs is 1. The molecule has 1 aliphatic carbocycles. The molecule has 2 aromatic heterocycles. The molecule has 31 heavy (non-hydrogen) atoms. The average molecular weight is 422 g/mol. The molecule has 0 unspecified atom stereocenters. The number of likely N-dealkylation sites (N-methyl/N-ethyl adjacent to an activating group) is 1. The van der Waals surface area contributed by atoms with Gasteiger partial charge in [0.2, 0.25) is 5.91 Å². The molecule has 6 heteroatoms. The fraction of sp³-hybridized carbons (Fsp3) is 0.440. The minimum Gasteiger partial charge on any atom is -0.463 e. The minimum absolute atomic E-state index is 0.0626. The first-order chi connectivity index (χ1) is 15.0. The van der Waals surface area contributed by atoms with Gasteiger partial charge in [-0.2, -0.15) is 0 Å². The number of carbonyl (C=O) groups excluding carboxylic acids is 2. The lowest BCUT2D eigenvalue weighted by Crippen LogP contribution is -2.39. The Morgan fingerprint density at radius 3 is 2.65 bits per heavy atom. The smallest absolute Gasteiger partial charge is 0.268 e. The number of amides is 2. The van der Waals surface area contributed by atoms with Crippen LogP contribution in [0.15, 0.2) is 47.1 Å². The highest BCUT2D eigenvalue weighted by molar-refractivity contribution is 6.00. The Bertz CT molecular complexity index is 1070. The molecule has 1 aromatic carbocycles. The van der Waals surface area contributed by atoms with Gasteiger partial charge < -0.3 is 19.2 Å². The molecule has 0 spiro atoms. The number of furan rings is 1. The summed E-state index contributed by atoms with van der Waals surface area (Å²) in [5.74, 6) is 0.517. The van der Waals surface area contributed by atoms with Crippen LogP contribution in [0, 0.1) is 12.8 Å². The van der Waals surface area contributed by atoms with Crippen LogP contribution in [0.2, 0.25) is 0 Å². The molecule has 6 nitrogen and oxygen atoms in total. The van der Waals surface area contributed by atoms with Crippen LogP contribution in [0.25, 0.3) is 11.1 Å². The number of anilines is 1. The van der Waals surface area contributed by atoms with Gasteiger partial charge in [-0.05, 0) is 63.1 Å². The van der Waals surface area contributed by atoms with Crippen molar-refractivity contribution in [3.63, 3.8) is 0 Å². The van der Waals surface area contributed by atoms with Crippen LogP contribution in [-0.2, 0) is 11.3 Å². The van der Waals surface area contributed by atoms with Gasteiger partial charge in [0, 0.05) is 30.4 Å². The number of benzene rings is 1. The van der Waals surface area contributed by atoms with Crippen LogP contribution < -0.4 is 10.2 Å². The van der Waals surface area contributed by atoms with Gasteiger partial charge in [0.05, 0.1) is 11.8 Å². The predicted octanol–water partition coefficient (Wildman–Crippen LogP) is 4.90. The van der Waals surface area contributed by atoms with Crippen molar-refractivity contribution in [3.8, 4) is 0 Å². The first-order valence-corrected chi connectivity index (χ1v) is 11.2. The molecular weight excluding hydrogens is 390 g/mol. The van der Waals surface area contributed by atoms with Crippen LogP contribution >= 0.6 is 0 Å². The van der Waals surface area contributed by atoms with E-state index in [1.807, 2.05) is 44.2 Å². The number of aromatic nitrogens is 1. The molecule has 0 atom stereocenters. The molecule has 2 amide bonds. The lowest BCUT2D eigenvalue weighted by Gasteiger charge is -2.27. The topological polar surface area (TPSA) is 67.5 Å². The standard InChI is InChI=1S/C25H31N3O3/c1-4-27(20-7-5-6-18(3)14-20)24(29)16-28-21-12-13-31-23(21)15-22(28)25(30)26-19-10-8-17(2)9-11-19/h5-7,12-15,17,19H,4,8-11,16H2,1-3H3,(H,26,30). The van der Waals surface area contributed by atoms with Gasteiger partial charge in [-0.3, -0.25) is 9.59 Å². The summed E-state index contributed by atoms with van der Waals surface area (Å²) >= 11 is 0. The zero-order chi connectivity index (χ0) is 22.0. The van der Waals surface area contributed by atoms with E-state index >= 15 is 0 Å². The maximum absolute atomic E-state index is 13.3. The average Bonchev–Trinajstić information content (AvgIpc) is 3.33. The number of hydrogen-bond acceptors (Lipinski definition) is 3. The van der Waals surface area contributed by atoms with E-state index in [0.717, 1.165) is 48.4 Å². The molecule has 0 radical (unpaired) electrons. The third-order valence-electron chi connectivity index (χ3n) is 6.33. The van der Waals surface area contributed by atoms with Crippen molar-refractivity contribution >= 4 is 28.6 Å². The van der Waals surface area contributed by atoms with E-state index in [0.29, 0.717) is 17.8 Å². The quantitative estimate of drug-likeness (QED) is 0.615. The molecule has 1 N–H and O–H groups in total. The Morgan fingerprint density at radius 2 is 1.94 bits per heavy atom. The summed E-state index contributed by atoms with van der Waals surface area (Å²) in [5, 5.41) is 3.18. The van der Waals surface area contributed by atoms with E-state index in [-0.39, 0.29) is 24.4 Å². The number of carbonyl (C=O) groups is 2. The van der Waals surface area contributed by atoms with Crippen molar-refractivity contribution < 1.29 is 14.0 Å². The molecule has 0 saturated heterocycles. The van der Waals surface area contributed by atoms with Gasteiger partial charge in [-0.15, -0.1) is 0 Å². The summed E-state index contributed by atoms with van der Waals surface area (Å²) in [4.78, 5) is 28.1. The molecule has 164 valence electrons. The number of hydrogen-bond donors (Lipinski definition) is 1. The van der Waals surface area contributed by atoms with E-state index in [9.17, 15) is 9.59 Å². The van der Waals surface area contributed by atoms with Crippen LogP contribution in [-0.4, -0.2) is 29.0 Å². The van der Waals surface area contributed by atoms with Crippen molar-refractivity contribution in [2.45, 2.75) is 59.0 Å². The second-order valence-corrected chi connectivity index (χ2v) is 8.69. The van der Waals surface area contributed by atoms with Gasteiger partial charge in [0.15, 0.2) is 5.58 Å². The number of nitrogens with zero attached hydrogens (tertiary/aromatic N) is 2. The van der Waals surface area contributed by atoms with Gasteiger partial charge in [0.1, 0.15) is 12.2 Å². The Balaban J connectivity index is 1.57. The van der Waals surface area contributed by atoms with Crippen molar-refractivity contribution in [3.05, 3.63) is 53.9 Å². The molecular formula is C25H31N3O3. The van der Waals surface area contributed by atoms with E-state index in [1.54, 1.807) is 21.8 Å². The summed E-state index contributed by atoms with van der Waals surface area (Å²) in [6.07, 6.45) is 5.86. The van der Waals surface area contributed by atoms with Gasteiger partial charge in [-0.25, -0.2) is 0 Å². The van der Waals surface area contributed by atoms with Crippen LogP contribution in [0.1, 0.15) is 55.6 Å². The van der Waals surface area contributed by atoms with Crippen molar-refractivity contribution in [2.24, 2.45) is 5.92 Å². The summed E-state index contributed by atoms with van der Waals surface area (Å²) in [7, 11) is 0. The Hall–Kier alpha value is -3.02. The van der Waals surface area contributed by atoms with E-state index in [2.05, 4.69) is 12.2 Å². The maximum Gasteiger partial charge on any atom is 0.268 e. The second kappa shape index (κ2) is 9.00. The van der Waals surface area contributed by atoms with Gasteiger partial charge >= 0.3 is 0 Å². The molecule has 1 saturated carbocycles. The lowest BCUT2D eigenvalue weighted by molar-refractivity contribution is -0.119. The zero-order valence-corrected chi connectivity index (χ0v) is 18.6. The third-order valence-corrected chi connectivity index (χ3v) is 6.33. The highest BCUT2D eigenvalue weighted by Gasteiger charge is 2.25. The Morgan fingerprint density at radius 1 is 1.16 bits per heavy atom. The molecule has 0 bridgehead atoms. The second-order valence-electron chi connectivity index (χ2n) is 8.69. The zero-order valence-electron chi connectivity index (χ0n) is 18.6. The summed E-state index contributed by atoms with van der Waals surface area (Å²) in [5.41, 5.74) is 3.82. The Labute approximate surface area is 183 Å². The third kappa shape index (κ3) is 4.53. The molecule has 2 heterocycles.